The summed E-state index contributed by atoms with van der Waals surface area (Å²) in [4.78, 5) is 35.2. The molecule has 1 aromatic rings. The summed E-state index contributed by atoms with van der Waals surface area (Å²) in [6, 6.07) is 6.34. The highest BCUT2D eigenvalue weighted by Gasteiger charge is 2.20. The Hall–Kier alpha value is -2.57. The highest BCUT2D eigenvalue weighted by Crippen LogP contribution is 2.22. The van der Waals surface area contributed by atoms with Crippen molar-refractivity contribution in [3.63, 3.8) is 0 Å². The van der Waals surface area contributed by atoms with Crippen molar-refractivity contribution >= 4 is 17.8 Å². The van der Waals surface area contributed by atoms with Gasteiger partial charge in [0.1, 0.15) is 5.75 Å². The molecular weight excluding hydrogens is 336 g/mol. The largest absolute Gasteiger partial charge is 0.481 e. The average Bonchev–Trinajstić information content (AvgIpc) is 2.65. The van der Waals surface area contributed by atoms with Crippen LogP contribution in [-0.4, -0.2) is 37.0 Å². The molecule has 26 heavy (non-hydrogen) atoms. The van der Waals surface area contributed by atoms with E-state index in [0.717, 1.165) is 12.8 Å². The van der Waals surface area contributed by atoms with Crippen LogP contribution in [0.3, 0.4) is 0 Å². The summed E-state index contributed by atoms with van der Waals surface area (Å²) >= 11 is 0. The third-order valence-corrected chi connectivity index (χ3v) is 4.47. The molecule has 0 radical (unpaired) electrons. The van der Waals surface area contributed by atoms with Crippen LogP contribution in [0.15, 0.2) is 24.3 Å². The van der Waals surface area contributed by atoms with Gasteiger partial charge in [0.25, 0.3) is 11.8 Å². The maximum absolute atomic E-state index is 12.0. The van der Waals surface area contributed by atoms with Crippen molar-refractivity contribution in [1.82, 2.24) is 5.32 Å². The van der Waals surface area contributed by atoms with E-state index in [1.165, 1.54) is 38.3 Å². The molecule has 0 bridgehead atoms. The van der Waals surface area contributed by atoms with Gasteiger partial charge in [-0.3, -0.25) is 9.59 Å². The Morgan fingerprint density at radius 1 is 1.19 bits per heavy atom. The smallest absolute Gasteiger partial charge is 0.344 e. The highest BCUT2D eigenvalue weighted by molar-refractivity contribution is 5.95. The normalized spacial score (nSPS) is 15.7. The van der Waals surface area contributed by atoms with Crippen LogP contribution in [0.1, 0.15) is 49.4 Å². The SMILES string of the molecule is C[C@H](OC(=O)COc1ccccc1C(N)=O)C(=O)NCC1CCCCC1. The van der Waals surface area contributed by atoms with Crippen LogP contribution in [0.4, 0.5) is 0 Å². The van der Waals surface area contributed by atoms with Gasteiger partial charge < -0.3 is 20.5 Å². The van der Waals surface area contributed by atoms with Crippen molar-refractivity contribution in [2.24, 2.45) is 11.7 Å². The van der Waals surface area contributed by atoms with Crippen molar-refractivity contribution in [2.75, 3.05) is 13.2 Å². The monoisotopic (exact) mass is 362 g/mol. The summed E-state index contributed by atoms with van der Waals surface area (Å²) in [5.74, 6) is -0.953. The Bertz CT molecular complexity index is 641. The van der Waals surface area contributed by atoms with Crippen LogP contribution in [0.25, 0.3) is 0 Å². The van der Waals surface area contributed by atoms with Crippen LogP contribution in [0.5, 0.6) is 5.75 Å². The lowest BCUT2D eigenvalue weighted by atomic mass is 9.89. The molecule has 1 aliphatic carbocycles. The number of rotatable bonds is 8. The van der Waals surface area contributed by atoms with Gasteiger partial charge >= 0.3 is 5.97 Å². The first-order valence-electron chi connectivity index (χ1n) is 8.96. The average molecular weight is 362 g/mol. The number of amides is 2. The second-order valence-corrected chi connectivity index (χ2v) is 6.53. The molecule has 1 fully saturated rings. The standard InChI is InChI=1S/C19H26N2O5/c1-13(19(24)21-11-14-7-3-2-4-8-14)26-17(22)12-25-16-10-6-5-9-15(16)18(20)23/h5-6,9-10,13-14H,2-4,7-8,11-12H2,1H3,(H2,20,23)(H,21,24)/t13-/m0/s1. The van der Waals surface area contributed by atoms with Gasteiger partial charge in [-0.05, 0) is 37.8 Å². The molecule has 0 spiro atoms. The van der Waals surface area contributed by atoms with Gasteiger partial charge in [-0.2, -0.15) is 0 Å². The number of hydrogen-bond acceptors (Lipinski definition) is 5. The molecule has 0 unspecified atom stereocenters. The molecule has 1 atom stereocenters. The van der Waals surface area contributed by atoms with Crippen molar-refractivity contribution in [3.8, 4) is 5.75 Å². The number of carbonyl (C=O) groups is 3. The zero-order chi connectivity index (χ0) is 18.9. The molecule has 0 heterocycles. The zero-order valence-corrected chi connectivity index (χ0v) is 15.0. The molecule has 7 nitrogen and oxygen atoms in total. The van der Waals surface area contributed by atoms with E-state index in [2.05, 4.69) is 5.32 Å². The molecule has 0 aliphatic heterocycles. The van der Waals surface area contributed by atoms with Gasteiger partial charge in [0.15, 0.2) is 12.7 Å². The second-order valence-electron chi connectivity index (χ2n) is 6.53. The van der Waals surface area contributed by atoms with Gasteiger partial charge in [0.2, 0.25) is 0 Å². The highest BCUT2D eigenvalue weighted by atomic mass is 16.6. The van der Waals surface area contributed by atoms with Crippen LogP contribution in [0, 0.1) is 5.92 Å². The van der Waals surface area contributed by atoms with E-state index in [1.807, 2.05) is 0 Å². The first-order valence-corrected chi connectivity index (χ1v) is 8.96. The fraction of sp³-hybridized carbons (Fsp3) is 0.526. The van der Waals surface area contributed by atoms with Crippen molar-refractivity contribution in [2.45, 2.75) is 45.1 Å². The summed E-state index contributed by atoms with van der Waals surface area (Å²) < 4.78 is 10.4. The number of primary amides is 1. The van der Waals surface area contributed by atoms with Gasteiger partial charge in [-0.25, -0.2) is 4.79 Å². The number of carbonyl (C=O) groups excluding carboxylic acids is 3. The summed E-state index contributed by atoms with van der Waals surface area (Å²) in [5.41, 5.74) is 5.43. The summed E-state index contributed by atoms with van der Waals surface area (Å²) in [6.07, 6.45) is 5.02. The summed E-state index contributed by atoms with van der Waals surface area (Å²) in [5, 5.41) is 2.84. The third-order valence-electron chi connectivity index (χ3n) is 4.47. The molecule has 142 valence electrons. The quantitative estimate of drug-likeness (QED) is 0.686. The molecule has 0 saturated heterocycles. The van der Waals surface area contributed by atoms with Crippen LogP contribution >= 0.6 is 0 Å². The first kappa shape index (κ1) is 19.8. The molecule has 2 amide bonds. The number of esters is 1. The number of para-hydroxylation sites is 1. The van der Waals surface area contributed by atoms with Crippen LogP contribution < -0.4 is 15.8 Å². The van der Waals surface area contributed by atoms with E-state index in [0.29, 0.717) is 12.5 Å². The second kappa shape index (κ2) is 9.79. The Kier molecular flexibility index (Phi) is 7.44. The topological polar surface area (TPSA) is 108 Å². The molecule has 7 heteroatoms. The predicted molar refractivity (Wildman–Crippen MR) is 95.6 cm³/mol. The van der Waals surface area contributed by atoms with E-state index >= 15 is 0 Å². The Labute approximate surface area is 153 Å². The minimum Gasteiger partial charge on any atom is -0.481 e. The lowest BCUT2D eigenvalue weighted by Crippen LogP contribution is -2.39. The summed E-state index contributed by atoms with van der Waals surface area (Å²) in [7, 11) is 0. The van der Waals surface area contributed by atoms with E-state index in [-0.39, 0.29) is 17.2 Å². The van der Waals surface area contributed by atoms with E-state index in [9.17, 15) is 14.4 Å². The number of nitrogens with one attached hydrogen (secondary N) is 1. The van der Waals surface area contributed by atoms with E-state index in [1.54, 1.807) is 12.1 Å². The van der Waals surface area contributed by atoms with Gasteiger partial charge in [-0.15, -0.1) is 0 Å². The molecule has 3 N–H and O–H groups in total. The number of hydrogen-bond donors (Lipinski definition) is 2. The maximum Gasteiger partial charge on any atom is 0.344 e. The van der Waals surface area contributed by atoms with Crippen molar-refractivity contribution < 1.29 is 23.9 Å². The van der Waals surface area contributed by atoms with Gasteiger partial charge in [0.05, 0.1) is 5.56 Å². The predicted octanol–water partition coefficient (Wildman–Crippen LogP) is 1.79. The molecule has 1 aliphatic rings. The Balaban J connectivity index is 1.74. The van der Waals surface area contributed by atoms with E-state index in [4.69, 9.17) is 15.2 Å². The maximum atomic E-state index is 12.0. The van der Waals surface area contributed by atoms with Crippen LogP contribution in [0.2, 0.25) is 0 Å². The lowest BCUT2D eigenvalue weighted by Gasteiger charge is -2.22. The number of ether oxygens (including phenoxy) is 2. The zero-order valence-electron chi connectivity index (χ0n) is 15.0. The Morgan fingerprint density at radius 3 is 2.58 bits per heavy atom. The molecule has 1 saturated carbocycles. The molecule has 0 aromatic heterocycles. The van der Waals surface area contributed by atoms with Crippen molar-refractivity contribution in [1.29, 1.82) is 0 Å². The molecule has 1 aromatic carbocycles. The fourth-order valence-electron chi connectivity index (χ4n) is 3.00. The van der Waals surface area contributed by atoms with E-state index < -0.39 is 24.6 Å². The lowest BCUT2D eigenvalue weighted by molar-refractivity contribution is -0.156. The molecule has 2 rings (SSSR count). The Morgan fingerprint density at radius 2 is 1.88 bits per heavy atom. The fourth-order valence-corrected chi connectivity index (χ4v) is 3.00. The van der Waals surface area contributed by atoms with Gasteiger partial charge in [0, 0.05) is 6.54 Å². The van der Waals surface area contributed by atoms with Crippen LogP contribution in [-0.2, 0) is 14.3 Å². The summed E-state index contributed by atoms with van der Waals surface area (Å²) in [6.45, 7) is 1.72. The number of nitrogens with two attached hydrogens (primary N) is 1. The number of benzene rings is 1. The first-order chi connectivity index (χ1) is 12.5. The minimum absolute atomic E-state index is 0.179. The van der Waals surface area contributed by atoms with Crippen molar-refractivity contribution in [3.05, 3.63) is 29.8 Å². The minimum atomic E-state index is -0.902. The molecular formula is C19H26N2O5. The third kappa shape index (κ3) is 6.06. The van der Waals surface area contributed by atoms with Gasteiger partial charge in [-0.1, -0.05) is 31.4 Å².